The molecule has 112 valence electrons. The number of rotatable bonds is 2. The number of piperidine rings is 1. The molecule has 4 nitrogen and oxygen atoms in total. The maximum absolute atomic E-state index is 5.53. The van der Waals surface area contributed by atoms with Crippen LogP contribution in [0.3, 0.4) is 0 Å². The van der Waals surface area contributed by atoms with Crippen molar-refractivity contribution < 1.29 is 4.52 Å². The Balaban J connectivity index is 1.93. The Morgan fingerprint density at radius 3 is 2.90 bits per heavy atom. The maximum atomic E-state index is 5.53. The molecule has 0 saturated carbocycles. The standard InChI is InChI=1S/C16H20BrN3O/c1-10-5-6-11(12(17)9-10)14-19-15(21-20-14)13-16(2,3)7-4-8-18-13/h5-6,9,13,18H,4,7-8H2,1-3H3. The summed E-state index contributed by atoms with van der Waals surface area (Å²) in [6, 6.07) is 6.26. The molecule has 5 heteroatoms. The highest BCUT2D eigenvalue weighted by atomic mass is 79.9. The summed E-state index contributed by atoms with van der Waals surface area (Å²) < 4.78 is 6.53. The van der Waals surface area contributed by atoms with Crippen LogP contribution in [0.15, 0.2) is 27.2 Å². The molecule has 1 N–H and O–H groups in total. The first-order chi connectivity index (χ1) is 9.97. The molecule has 2 aromatic rings. The van der Waals surface area contributed by atoms with Crippen molar-refractivity contribution in [2.45, 2.75) is 39.7 Å². The van der Waals surface area contributed by atoms with Gasteiger partial charge in [0.05, 0.1) is 6.04 Å². The summed E-state index contributed by atoms with van der Waals surface area (Å²) in [6.07, 6.45) is 2.35. The van der Waals surface area contributed by atoms with Gasteiger partial charge in [0.1, 0.15) is 0 Å². The molecule has 1 aliphatic rings. The predicted molar refractivity (Wildman–Crippen MR) is 85.9 cm³/mol. The van der Waals surface area contributed by atoms with Gasteiger partial charge in [0, 0.05) is 10.0 Å². The van der Waals surface area contributed by atoms with E-state index in [4.69, 9.17) is 4.52 Å². The SMILES string of the molecule is Cc1ccc(-c2noc(C3NCCCC3(C)C)n2)c(Br)c1. The average molecular weight is 350 g/mol. The number of nitrogens with zero attached hydrogens (tertiary/aromatic N) is 2. The Morgan fingerprint density at radius 1 is 1.38 bits per heavy atom. The summed E-state index contributed by atoms with van der Waals surface area (Å²) in [4.78, 5) is 4.62. The van der Waals surface area contributed by atoms with Crippen LogP contribution in [0.25, 0.3) is 11.4 Å². The van der Waals surface area contributed by atoms with Crippen LogP contribution in [-0.2, 0) is 0 Å². The number of halogens is 1. The highest BCUT2D eigenvalue weighted by Gasteiger charge is 2.37. The molecule has 1 unspecified atom stereocenters. The number of aromatic nitrogens is 2. The van der Waals surface area contributed by atoms with Crippen molar-refractivity contribution in [2.75, 3.05) is 6.54 Å². The van der Waals surface area contributed by atoms with Crippen LogP contribution in [-0.4, -0.2) is 16.7 Å². The molecule has 1 aromatic carbocycles. The van der Waals surface area contributed by atoms with E-state index in [0.29, 0.717) is 11.7 Å². The number of hydrogen-bond acceptors (Lipinski definition) is 4. The molecule has 1 aromatic heterocycles. The van der Waals surface area contributed by atoms with Gasteiger partial charge in [0.15, 0.2) is 0 Å². The molecule has 0 bridgehead atoms. The van der Waals surface area contributed by atoms with Crippen molar-refractivity contribution in [3.63, 3.8) is 0 Å². The van der Waals surface area contributed by atoms with E-state index in [-0.39, 0.29) is 11.5 Å². The molecule has 1 aliphatic heterocycles. The van der Waals surface area contributed by atoms with Gasteiger partial charge in [0.25, 0.3) is 0 Å². The summed E-state index contributed by atoms with van der Waals surface area (Å²) in [7, 11) is 0. The van der Waals surface area contributed by atoms with Crippen LogP contribution < -0.4 is 5.32 Å². The van der Waals surface area contributed by atoms with Crippen LogP contribution in [0.1, 0.15) is 44.2 Å². The quantitative estimate of drug-likeness (QED) is 0.879. The normalized spacial score (nSPS) is 21.4. The molecular formula is C16H20BrN3O. The second-order valence-corrected chi connectivity index (χ2v) is 7.27. The van der Waals surface area contributed by atoms with Crippen molar-refractivity contribution in [3.05, 3.63) is 34.1 Å². The van der Waals surface area contributed by atoms with E-state index in [1.165, 1.54) is 12.0 Å². The van der Waals surface area contributed by atoms with Gasteiger partial charge < -0.3 is 9.84 Å². The van der Waals surface area contributed by atoms with Crippen LogP contribution in [0.5, 0.6) is 0 Å². The lowest BCUT2D eigenvalue weighted by molar-refractivity contribution is 0.146. The molecule has 21 heavy (non-hydrogen) atoms. The smallest absolute Gasteiger partial charge is 0.244 e. The summed E-state index contributed by atoms with van der Waals surface area (Å²) in [5.74, 6) is 1.32. The average Bonchev–Trinajstić information content (AvgIpc) is 2.87. The molecule has 1 saturated heterocycles. The van der Waals surface area contributed by atoms with Crippen molar-refractivity contribution in [1.82, 2.24) is 15.5 Å². The first-order valence-electron chi connectivity index (χ1n) is 7.31. The molecule has 0 aliphatic carbocycles. The number of hydrogen-bond donors (Lipinski definition) is 1. The molecule has 2 heterocycles. The van der Waals surface area contributed by atoms with E-state index < -0.39 is 0 Å². The second-order valence-electron chi connectivity index (χ2n) is 6.42. The highest BCUT2D eigenvalue weighted by Crippen LogP contribution is 2.40. The third kappa shape index (κ3) is 2.90. The zero-order valence-corrected chi connectivity index (χ0v) is 14.2. The third-order valence-electron chi connectivity index (χ3n) is 4.18. The number of nitrogens with one attached hydrogen (secondary N) is 1. The maximum Gasteiger partial charge on any atom is 0.244 e. The second kappa shape index (κ2) is 5.54. The minimum atomic E-state index is 0.122. The minimum Gasteiger partial charge on any atom is -0.337 e. The van der Waals surface area contributed by atoms with Crippen molar-refractivity contribution in [1.29, 1.82) is 0 Å². The van der Waals surface area contributed by atoms with Crippen molar-refractivity contribution in [2.24, 2.45) is 5.41 Å². The lowest BCUT2D eigenvalue weighted by Gasteiger charge is -2.36. The molecule has 0 amide bonds. The summed E-state index contributed by atoms with van der Waals surface area (Å²) >= 11 is 3.57. The van der Waals surface area contributed by atoms with E-state index in [1.807, 2.05) is 6.07 Å². The third-order valence-corrected chi connectivity index (χ3v) is 4.84. The lowest BCUT2D eigenvalue weighted by atomic mass is 9.77. The van der Waals surface area contributed by atoms with Crippen molar-refractivity contribution >= 4 is 15.9 Å². The fourth-order valence-corrected chi connectivity index (χ4v) is 3.57. The van der Waals surface area contributed by atoms with Gasteiger partial charge in [-0.1, -0.05) is 41.0 Å². The van der Waals surface area contributed by atoms with E-state index in [0.717, 1.165) is 23.0 Å². The van der Waals surface area contributed by atoms with Gasteiger partial charge in [0.2, 0.25) is 11.7 Å². The van der Waals surface area contributed by atoms with Crippen LogP contribution >= 0.6 is 15.9 Å². The van der Waals surface area contributed by atoms with Gasteiger partial charge >= 0.3 is 0 Å². The Kier molecular flexibility index (Phi) is 3.88. The fraction of sp³-hybridized carbons (Fsp3) is 0.500. The minimum absolute atomic E-state index is 0.122. The number of benzene rings is 1. The Labute approximate surface area is 133 Å². The van der Waals surface area contributed by atoms with E-state index >= 15 is 0 Å². The van der Waals surface area contributed by atoms with E-state index in [9.17, 15) is 0 Å². The summed E-state index contributed by atoms with van der Waals surface area (Å²) in [5, 5.41) is 7.67. The molecule has 1 fully saturated rings. The van der Waals surface area contributed by atoms with Crippen LogP contribution in [0.2, 0.25) is 0 Å². The fourth-order valence-electron chi connectivity index (χ4n) is 2.90. The first-order valence-corrected chi connectivity index (χ1v) is 8.10. The zero-order valence-electron chi connectivity index (χ0n) is 12.6. The van der Waals surface area contributed by atoms with Gasteiger partial charge in [-0.05, 0) is 49.4 Å². The van der Waals surface area contributed by atoms with E-state index in [1.54, 1.807) is 0 Å². The van der Waals surface area contributed by atoms with Crippen LogP contribution in [0.4, 0.5) is 0 Å². The molecule has 0 spiro atoms. The van der Waals surface area contributed by atoms with Gasteiger partial charge in [-0.3, -0.25) is 0 Å². The highest BCUT2D eigenvalue weighted by molar-refractivity contribution is 9.10. The predicted octanol–water partition coefficient (Wildman–Crippen LogP) is 4.26. The summed E-state index contributed by atoms with van der Waals surface area (Å²) in [6.45, 7) is 7.55. The lowest BCUT2D eigenvalue weighted by Crippen LogP contribution is -2.39. The van der Waals surface area contributed by atoms with Gasteiger partial charge in [-0.2, -0.15) is 4.98 Å². The topological polar surface area (TPSA) is 51.0 Å². The molecule has 1 atom stereocenters. The largest absolute Gasteiger partial charge is 0.337 e. The van der Waals surface area contributed by atoms with Crippen LogP contribution in [0, 0.1) is 12.3 Å². The Morgan fingerprint density at radius 2 is 2.19 bits per heavy atom. The van der Waals surface area contributed by atoms with Gasteiger partial charge in [-0.25, -0.2) is 0 Å². The first kappa shape index (κ1) is 14.7. The number of aryl methyl sites for hydroxylation is 1. The molecular weight excluding hydrogens is 330 g/mol. The van der Waals surface area contributed by atoms with Crippen molar-refractivity contribution in [3.8, 4) is 11.4 Å². The Hall–Kier alpha value is -1.20. The molecule has 0 radical (unpaired) electrons. The Bertz CT molecular complexity index is 651. The van der Waals surface area contributed by atoms with Gasteiger partial charge in [-0.15, -0.1) is 0 Å². The molecule has 3 rings (SSSR count). The summed E-state index contributed by atoms with van der Waals surface area (Å²) in [5.41, 5.74) is 2.29. The zero-order chi connectivity index (χ0) is 15.0. The van der Waals surface area contributed by atoms with E-state index in [2.05, 4.69) is 64.3 Å². The monoisotopic (exact) mass is 349 g/mol.